The molecule has 1 amide bonds. The minimum atomic E-state index is -0.480. The van der Waals surface area contributed by atoms with Crippen molar-refractivity contribution in [2.24, 2.45) is 10.7 Å². The van der Waals surface area contributed by atoms with E-state index in [1.165, 1.54) is 0 Å². The van der Waals surface area contributed by atoms with Gasteiger partial charge in [0.2, 0.25) is 0 Å². The number of hydrogen-bond donors (Lipinski definition) is 2. The van der Waals surface area contributed by atoms with Gasteiger partial charge in [-0.05, 0) is 56.3 Å². The summed E-state index contributed by atoms with van der Waals surface area (Å²) < 4.78 is 5.19. The van der Waals surface area contributed by atoms with Crippen LogP contribution in [-0.4, -0.2) is 24.1 Å². The van der Waals surface area contributed by atoms with Crippen molar-refractivity contribution in [3.8, 4) is 0 Å². The Hall–Kier alpha value is -2.34. The number of carbonyl (C=O) groups is 1. The average Bonchev–Trinajstić information content (AvgIpc) is 3.01. The minimum Gasteiger partial charge on any atom is -0.444 e. The van der Waals surface area contributed by atoms with Crippen LogP contribution < -0.4 is 11.1 Å². The second kappa shape index (κ2) is 7.97. The third-order valence-corrected chi connectivity index (χ3v) is 3.93. The van der Waals surface area contributed by atoms with Crippen LogP contribution in [0.4, 0.5) is 10.5 Å². The summed E-state index contributed by atoms with van der Waals surface area (Å²) in [6, 6.07) is 11.7. The van der Waals surface area contributed by atoms with Crippen LogP contribution in [0.5, 0.6) is 0 Å². The molecular formula is C18H23N3O2S. The molecule has 24 heavy (non-hydrogen) atoms. The van der Waals surface area contributed by atoms with Crippen LogP contribution in [0.2, 0.25) is 0 Å². The molecule has 1 aromatic heterocycles. The number of carbonyl (C=O) groups excluding carboxylic acids is 1. The van der Waals surface area contributed by atoms with E-state index in [0.29, 0.717) is 12.4 Å². The Morgan fingerprint density at radius 1 is 1.25 bits per heavy atom. The first-order valence-corrected chi connectivity index (χ1v) is 8.65. The van der Waals surface area contributed by atoms with Crippen molar-refractivity contribution in [3.63, 3.8) is 0 Å². The van der Waals surface area contributed by atoms with E-state index >= 15 is 0 Å². The van der Waals surface area contributed by atoms with Crippen LogP contribution in [0.15, 0.2) is 46.8 Å². The molecule has 0 aliphatic carbocycles. The first-order valence-electron chi connectivity index (χ1n) is 7.77. The summed E-state index contributed by atoms with van der Waals surface area (Å²) in [5, 5.41) is 4.72. The first-order chi connectivity index (χ1) is 11.3. The van der Waals surface area contributed by atoms with E-state index in [1.807, 2.05) is 62.5 Å². The van der Waals surface area contributed by atoms with E-state index in [2.05, 4.69) is 10.3 Å². The Bertz CT molecular complexity index is 686. The molecule has 1 aromatic carbocycles. The predicted molar refractivity (Wildman–Crippen MR) is 99.1 cm³/mol. The Morgan fingerprint density at radius 3 is 2.54 bits per heavy atom. The van der Waals surface area contributed by atoms with Crippen molar-refractivity contribution >= 4 is 29.0 Å². The van der Waals surface area contributed by atoms with Gasteiger partial charge in [0.05, 0.1) is 10.6 Å². The molecule has 6 heteroatoms. The standard InChI is InChI=1S/C18H23N3O2S/c1-18(2,3)23-17(22)20-11-10-13-6-8-14(9-7-13)21-16(19)15-5-4-12-24-15/h4-9,12H,10-11H2,1-3H3,(H2,19,21)(H,20,22). The third-order valence-electron chi connectivity index (χ3n) is 3.04. The number of nitrogens with one attached hydrogen (secondary N) is 1. The number of amides is 1. The zero-order chi connectivity index (χ0) is 17.6. The van der Waals surface area contributed by atoms with E-state index in [1.54, 1.807) is 11.3 Å². The molecule has 0 bridgehead atoms. The predicted octanol–water partition coefficient (Wildman–Crippen LogP) is 3.85. The van der Waals surface area contributed by atoms with Crippen molar-refractivity contribution in [2.75, 3.05) is 6.54 Å². The van der Waals surface area contributed by atoms with Gasteiger partial charge in [0, 0.05) is 6.54 Å². The maximum atomic E-state index is 11.6. The molecule has 1 heterocycles. The van der Waals surface area contributed by atoms with E-state index in [4.69, 9.17) is 10.5 Å². The second-order valence-electron chi connectivity index (χ2n) is 6.32. The van der Waals surface area contributed by atoms with Gasteiger partial charge in [0.15, 0.2) is 0 Å². The Balaban J connectivity index is 1.84. The molecule has 0 aliphatic rings. The Labute approximate surface area is 146 Å². The maximum absolute atomic E-state index is 11.6. The molecule has 0 saturated carbocycles. The fourth-order valence-corrected chi connectivity index (χ4v) is 2.61. The van der Waals surface area contributed by atoms with Crippen LogP contribution in [0.25, 0.3) is 0 Å². The summed E-state index contributed by atoms with van der Waals surface area (Å²) in [7, 11) is 0. The van der Waals surface area contributed by atoms with Crippen molar-refractivity contribution in [1.82, 2.24) is 5.32 Å². The molecule has 0 saturated heterocycles. The molecule has 2 aromatic rings. The number of thiophene rings is 1. The smallest absolute Gasteiger partial charge is 0.407 e. The molecular weight excluding hydrogens is 322 g/mol. The highest BCUT2D eigenvalue weighted by Crippen LogP contribution is 2.16. The monoisotopic (exact) mass is 345 g/mol. The summed E-state index contributed by atoms with van der Waals surface area (Å²) in [5.41, 5.74) is 7.41. The lowest BCUT2D eigenvalue weighted by Gasteiger charge is -2.19. The number of aliphatic imine (C=N–C) groups is 1. The van der Waals surface area contributed by atoms with Crippen molar-refractivity contribution in [3.05, 3.63) is 52.2 Å². The highest BCUT2D eigenvalue weighted by molar-refractivity contribution is 7.12. The van der Waals surface area contributed by atoms with Gasteiger partial charge in [-0.2, -0.15) is 0 Å². The first kappa shape index (κ1) is 18.0. The highest BCUT2D eigenvalue weighted by Gasteiger charge is 2.15. The fourth-order valence-electron chi connectivity index (χ4n) is 1.98. The molecule has 0 spiro atoms. The number of nitrogens with zero attached hydrogens (tertiary/aromatic N) is 1. The number of alkyl carbamates (subject to hydrolysis) is 1. The van der Waals surface area contributed by atoms with Crippen LogP contribution in [0, 0.1) is 0 Å². The molecule has 0 aliphatic heterocycles. The topological polar surface area (TPSA) is 76.7 Å². The summed E-state index contributed by atoms with van der Waals surface area (Å²) in [6.07, 6.45) is 0.330. The zero-order valence-electron chi connectivity index (χ0n) is 14.2. The van der Waals surface area contributed by atoms with Gasteiger partial charge in [0.25, 0.3) is 0 Å². The number of rotatable bonds is 5. The lowest BCUT2D eigenvalue weighted by atomic mass is 10.1. The number of benzene rings is 1. The quantitative estimate of drug-likeness (QED) is 0.638. The number of ether oxygens (including phenoxy) is 1. The van der Waals surface area contributed by atoms with Crippen LogP contribution in [0.1, 0.15) is 31.2 Å². The van der Waals surface area contributed by atoms with E-state index < -0.39 is 11.7 Å². The number of nitrogens with two attached hydrogens (primary N) is 1. The number of hydrogen-bond acceptors (Lipinski definition) is 4. The highest BCUT2D eigenvalue weighted by atomic mass is 32.1. The average molecular weight is 345 g/mol. The lowest BCUT2D eigenvalue weighted by molar-refractivity contribution is 0.0528. The molecule has 3 N–H and O–H groups in total. The molecule has 0 atom stereocenters. The van der Waals surface area contributed by atoms with Crippen molar-refractivity contribution < 1.29 is 9.53 Å². The molecule has 2 rings (SSSR count). The molecule has 128 valence electrons. The lowest BCUT2D eigenvalue weighted by Crippen LogP contribution is -2.33. The Morgan fingerprint density at radius 2 is 1.96 bits per heavy atom. The van der Waals surface area contributed by atoms with Crippen molar-refractivity contribution in [2.45, 2.75) is 32.8 Å². The summed E-state index contributed by atoms with van der Waals surface area (Å²) >= 11 is 1.56. The second-order valence-corrected chi connectivity index (χ2v) is 7.27. The third kappa shape index (κ3) is 6.04. The van der Waals surface area contributed by atoms with Crippen molar-refractivity contribution in [1.29, 1.82) is 0 Å². The van der Waals surface area contributed by atoms with Gasteiger partial charge in [-0.15, -0.1) is 11.3 Å². The molecule has 0 radical (unpaired) electrons. The molecule has 5 nitrogen and oxygen atoms in total. The van der Waals surface area contributed by atoms with E-state index in [9.17, 15) is 4.79 Å². The minimum absolute atomic E-state index is 0.396. The van der Waals surface area contributed by atoms with Crippen LogP contribution >= 0.6 is 11.3 Å². The normalized spacial score (nSPS) is 12.0. The zero-order valence-corrected chi connectivity index (χ0v) is 15.0. The van der Waals surface area contributed by atoms with Gasteiger partial charge in [-0.3, -0.25) is 0 Å². The van der Waals surface area contributed by atoms with Gasteiger partial charge in [0.1, 0.15) is 11.4 Å². The van der Waals surface area contributed by atoms with Crippen LogP contribution in [0.3, 0.4) is 0 Å². The van der Waals surface area contributed by atoms with Gasteiger partial charge in [-0.1, -0.05) is 18.2 Å². The largest absolute Gasteiger partial charge is 0.444 e. The Kier molecular flexibility index (Phi) is 5.98. The number of amidine groups is 1. The van der Waals surface area contributed by atoms with Crippen LogP contribution in [-0.2, 0) is 11.2 Å². The van der Waals surface area contributed by atoms with Gasteiger partial charge >= 0.3 is 6.09 Å². The van der Waals surface area contributed by atoms with Gasteiger partial charge < -0.3 is 15.8 Å². The van der Waals surface area contributed by atoms with E-state index in [-0.39, 0.29) is 0 Å². The maximum Gasteiger partial charge on any atom is 0.407 e. The molecule has 0 unspecified atom stereocenters. The summed E-state index contributed by atoms with van der Waals surface area (Å²) in [5.74, 6) is 0.518. The fraction of sp³-hybridized carbons (Fsp3) is 0.333. The SMILES string of the molecule is CC(C)(C)OC(=O)NCCc1ccc(N=C(N)c2cccs2)cc1. The van der Waals surface area contributed by atoms with Gasteiger partial charge in [-0.25, -0.2) is 9.79 Å². The summed E-state index contributed by atoms with van der Waals surface area (Å²) in [6.45, 7) is 6.05. The molecule has 0 fully saturated rings. The van der Waals surface area contributed by atoms with E-state index in [0.717, 1.165) is 22.5 Å². The summed E-state index contributed by atoms with van der Waals surface area (Å²) in [4.78, 5) is 16.9.